The smallest absolute Gasteiger partial charge is 0.138 e. The van der Waals surface area contributed by atoms with Gasteiger partial charge in [0.1, 0.15) is 12.4 Å². The van der Waals surface area contributed by atoms with Gasteiger partial charge < -0.3 is 14.7 Å². The third kappa shape index (κ3) is 10.5. The van der Waals surface area contributed by atoms with Crippen LogP contribution in [0.4, 0.5) is 0 Å². The van der Waals surface area contributed by atoms with Crippen molar-refractivity contribution in [3.8, 4) is 5.75 Å². The summed E-state index contributed by atoms with van der Waals surface area (Å²) in [5.41, 5.74) is 1.56. The molecule has 1 atom stereocenters. The van der Waals surface area contributed by atoms with E-state index in [0.717, 1.165) is 55.9 Å². The molecule has 1 aliphatic heterocycles. The zero-order valence-corrected chi connectivity index (χ0v) is 26.3. The second-order valence-electron chi connectivity index (χ2n) is 11.1. The molecule has 4 aromatic carbocycles. The summed E-state index contributed by atoms with van der Waals surface area (Å²) < 4.78 is 7.93. The van der Waals surface area contributed by atoms with Crippen molar-refractivity contribution < 1.29 is 9.84 Å². The molecule has 0 aromatic heterocycles. The summed E-state index contributed by atoms with van der Waals surface area (Å²) >= 11 is 7.78. The lowest BCUT2D eigenvalue weighted by atomic mass is 9.84. The molecular formula is C36H43ClN2O2S. The van der Waals surface area contributed by atoms with E-state index in [2.05, 4.69) is 65.6 Å². The van der Waals surface area contributed by atoms with Gasteiger partial charge in [0.15, 0.2) is 0 Å². The average molecular weight is 603 g/mol. The third-order valence-corrected chi connectivity index (χ3v) is 8.84. The predicted octanol–water partition coefficient (Wildman–Crippen LogP) is 8.55. The number of hydrogen-bond acceptors (Lipinski definition) is 5. The highest BCUT2D eigenvalue weighted by Crippen LogP contribution is 2.33. The summed E-state index contributed by atoms with van der Waals surface area (Å²) in [5.74, 6) is 1.38. The normalized spacial score (nSPS) is 15.5. The molecule has 1 saturated heterocycles. The van der Waals surface area contributed by atoms with Crippen LogP contribution in [0.3, 0.4) is 0 Å². The van der Waals surface area contributed by atoms with E-state index in [1.165, 1.54) is 11.3 Å². The minimum Gasteiger partial charge on any atom is -0.487 e. The van der Waals surface area contributed by atoms with Crippen LogP contribution in [0.5, 0.6) is 5.75 Å². The van der Waals surface area contributed by atoms with Crippen molar-refractivity contribution in [3.63, 3.8) is 0 Å². The van der Waals surface area contributed by atoms with E-state index in [1.807, 2.05) is 84.7 Å². The zero-order chi connectivity index (χ0) is 29.6. The van der Waals surface area contributed by atoms with Crippen molar-refractivity contribution in [3.05, 3.63) is 131 Å². The first-order valence-electron chi connectivity index (χ1n) is 14.8. The van der Waals surface area contributed by atoms with Gasteiger partial charge in [-0.15, -0.1) is 0 Å². The highest BCUT2D eigenvalue weighted by Gasteiger charge is 2.33. The van der Waals surface area contributed by atoms with Crippen LogP contribution < -0.4 is 4.74 Å². The summed E-state index contributed by atoms with van der Waals surface area (Å²) in [6.45, 7) is 7.05. The summed E-state index contributed by atoms with van der Waals surface area (Å²) in [6.07, 6.45) is 2.85. The maximum absolute atomic E-state index is 11.0. The standard InChI is InChI=1S/C23H32N2OS.C13H11ClO/c1-20(19-24(2)27-22-11-7-4-8-12-22)13-16-25-17-14-23(26,15-18-25)21-9-5-3-6-10-21;14-12-8-4-5-9-13(12)15-10-11-6-2-1-3-7-11/h3-12,20,26H,13-19H2,1-2H3;1-9H,10H2. The Labute approximate surface area is 261 Å². The monoisotopic (exact) mass is 602 g/mol. The third-order valence-electron chi connectivity index (χ3n) is 7.58. The fourth-order valence-electron chi connectivity index (χ4n) is 5.11. The molecular weight excluding hydrogens is 560 g/mol. The molecule has 1 aliphatic rings. The van der Waals surface area contributed by atoms with Crippen LogP contribution in [-0.4, -0.2) is 47.5 Å². The van der Waals surface area contributed by atoms with Crippen LogP contribution in [0.1, 0.15) is 37.3 Å². The zero-order valence-electron chi connectivity index (χ0n) is 24.7. The van der Waals surface area contributed by atoms with E-state index in [4.69, 9.17) is 16.3 Å². The number of halogens is 1. The van der Waals surface area contributed by atoms with E-state index in [1.54, 1.807) is 0 Å². The molecule has 0 radical (unpaired) electrons. The molecule has 0 aliphatic carbocycles. The predicted molar refractivity (Wildman–Crippen MR) is 177 cm³/mol. The van der Waals surface area contributed by atoms with E-state index in [0.29, 0.717) is 17.5 Å². The van der Waals surface area contributed by atoms with Crippen LogP contribution in [0, 0.1) is 5.92 Å². The fraction of sp³-hybridized carbons (Fsp3) is 0.333. The maximum Gasteiger partial charge on any atom is 0.138 e. The van der Waals surface area contributed by atoms with Crippen molar-refractivity contribution in [1.82, 2.24) is 9.21 Å². The Hall–Kier alpha value is -2.80. The number of hydrogen-bond donors (Lipinski definition) is 1. The minimum atomic E-state index is -0.643. The first-order chi connectivity index (χ1) is 20.4. The van der Waals surface area contributed by atoms with Gasteiger partial charge in [0.2, 0.25) is 0 Å². The molecule has 1 unspecified atom stereocenters. The van der Waals surface area contributed by atoms with Crippen molar-refractivity contribution in [2.75, 3.05) is 33.2 Å². The average Bonchev–Trinajstić information content (AvgIpc) is 3.02. The minimum absolute atomic E-state index is 0.546. The molecule has 4 nitrogen and oxygen atoms in total. The number of ether oxygens (including phenoxy) is 1. The molecule has 0 saturated carbocycles. The quantitative estimate of drug-likeness (QED) is 0.174. The Morgan fingerprint density at radius 3 is 2.07 bits per heavy atom. The largest absolute Gasteiger partial charge is 0.487 e. The molecule has 0 spiro atoms. The molecule has 1 fully saturated rings. The SMILES string of the molecule is CC(CCN1CCC(O)(c2ccccc2)CC1)CN(C)Sc1ccccc1.Clc1ccccc1OCc1ccccc1. The Kier molecular flexibility index (Phi) is 12.8. The highest BCUT2D eigenvalue weighted by atomic mass is 35.5. The number of para-hydroxylation sites is 1. The van der Waals surface area contributed by atoms with Crippen LogP contribution >= 0.6 is 23.5 Å². The Morgan fingerprint density at radius 1 is 0.857 bits per heavy atom. The summed E-state index contributed by atoms with van der Waals surface area (Å²) in [5, 5.41) is 11.6. The van der Waals surface area contributed by atoms with Crippen LogP contribution in [0.15, 0.2) is 120 Å². The second kappa shape index (κ2) is 16.7. The molecule has 1 N–H and O–H groups in total. The Balaban J connectivity index is 0.000000227. The number of piperidine rings is 1. The van der Waals surface area contributed by atoms with E-state index in [9.17, 15) is 5.11 Å². The van der Waals surface area contributed by atoms with Gasteiger partial charge in [0.25, 0.3) is 0 Å². The molecule has 0 bridgehead atoms. The molecule has 5 rings (SSSR count). The number of likely N-dealkylation sites (tertiary alicyclic amines) is 1. The number of rotatable bonds is 11. The van der Waals surface area contributed by atoms with Gasteiger partial charge in [-0.3, -0.25) is 0 Å². The van der Waals surface area contributed by atoms with Crippen molar-refractivity contribution >= 4 is 23.5 Å². The Bertz CT molecular complexity index is 1300. The molecule has 0 amide bonds. The van der Waals surface area contributed by atoms with E-state index in [-0.39, 0.29) is 0 Å². The molecule has 1 heterocycles. The summed E-state index contributed by atoms with van der Waals surface area (Å²) in [6, 6.07) is 38.2. The van der Waals surface area contributed by atoms with Crippen LogP contribution in [0.2, 0.25) is 5.02 Å². The van der Waals surface area contributed by atoms with Gasteiger partial charge in [0, 0.05) is 24.5 Å². The highest BCUT2D eigenvalue weighted by molar-refractivity contribution is 7.97. The van der Waals surface area contributed by atoms with Crippen LogP contribution in [-0.2, 0) is 12.2 Å². The lowest BCUT2D eigenvalue weighted by molar-refractivity contribution is -0.0266. The fourth-order valence-corrected chi connectivity index (χ4v) is 6.27. The molecule has 222 valence electrons. The topological polar surface area (TPSA) is 35.9 Å². The van der Waals surface area contributed by atoms with Gasteiger partial charge in [-0.1, -0.05) is 110 Å². The number of nitrogens with zero attached hydrogens (tertiary/aromatic N) is 2. The van der Waals surface area contributed by atoms with Crippen molar-refractivity contribution in [1.29, 1.82) is 0 Å². The first kappa shape index (κ1) is 32.1. The van der Waals surface area contributed by atoms with Gasteiger partial charge in [-0.05, 0) is 86.1 Å². The lowest BCUT2D eigenvalue weighted by Crippen LogP contribution is -2.43. The molecule has 4 aromatic rings. The summed E-state index contributed by atoms with van der Waals surface area (Å²) in [7, 11) is 2.18. The lowest BCUT2D eigenvalue weighted by Gasteiger charge is -2.39. The number of aliphatic hydroxyl groups is 1. The van der Waals surface area contributed by atoms with E-state index < -0.39 is 5.60 Å². The molecule has 6 heteroatoms. The van der Waals surface area contributed by atoms with Crippen molar-refractivity contribution in [2.45, 2.75) is 43.3 Å². The van der Waals surface area contributed by atoms with Gasteiger partial charge in [-0.2, -0.15) is 0 Å². The summed E-state index contributed by atoms with van der Waals surface area (Å²) in [4.78, 5) is 3.81. The second-order valence-corrected chi connectivity index (χ2v) is 12.7. The molecule has 42 heavy (non-hydrogen) atoms. The Morgan fingerprint density at radius 2 is 1.43 bits per heavy atom. The first-order valence-corrected chi connectivity index (χ1v) is 15.9. The van der Waals surface area contributed by atoms with Crippen LogP contribution in [0.25, 0.3) is 0 Å². The van der Waals surface area contributed by atoms with Gasteiger partial charge in [-0.25, -0.2) is 4.31 Å². The van der Waals surface area contributed by atoms with Crippen molar-refractivity contribution in [2.24, 2.45) is 5.92 Å². The van der Waals surface area contributed by atoms with Gasteiger partial charge >= 0.3 is 0 Å². The number of benzene rings is 4. The van der Waals surface area contributed by atoms with E-state index >= 15 is 0 Å². The van der Waals surface area contributed by atoms with Gasteiger partial charge in [0.05, 0.1) is 10.6 Å². The maximum atomic E-state index is 11.0.